The highest BCUT2D eigenvalue weighted by Gasteiger charge is 2.26. The van der Waals surface area contributed by atoms with Gasteiger partial charge in [-0.15, -0.1) is 0 Å². The van der Waals surface area contributed by atoms with Crippen LogP contribution in [0.15, 0.2) is 24.3 Å². The van der Waals surface area contributed by atoms with E-state index in [1.807, 2.05) is 36.1 Å². The Hall–Kier alpha value is -1.55. The van der Waals surface area contributed by atoms with Gasteiger partial charge in [0.1, 0.15) is 0 Å². The molecule has 0 atom stereocenters. The van der Waals surface area contributed by atoms with Crippen LogP contribution in [-0.2, 0) is 0 Å². The van der Waals surface area contributed by atoms with Crippen LogP contribution in [0.2, 0.25) is 0 Å². The second kappa shape index (κ2) is 7.29. The fourth-order valence-corrected chi connectivity index (χ4v) is 2.76. The zero-order chi connectivity index (χ0) is 14.4. The minimum absolute atomic E-state index is 0.00852. The van der Waals surface area contributed by atoms with Crippen LogP contribution in [0.1, 0.15) is 37.7 Å². The zero-order valence-corrected chi connectivity index (χ0v) is 12.3. The maximum atomic E-state index is 12.5. The van der Waals surface area contributed by atoms with E-state index >= 15 is 0 Å². The molecule has 0 bridgehead atoms. The van der Waals surface area contributed by atoms with Gasteiger partial charge >= 0.3 is 6.03 Å². The number of hydrogen-bond acceptors (Lipinski definition) is 2. The summed E-state index contributed by atoms with van der Waals surface area (Å²) in [7, 11) is 0. The molecule has 0 spiro atoms. The number of nitrogens with one attached hydrogen (secondary N) is 1. The second-order valence-corrected chi connectivity index (χ2v) is 5.57. The number of benzene rings is 1. The molecule has 110 valence electrons. The molecule has 0 heterocycles. The number of carbonyl (C=O) groups excluding carboxylic acids is 1. The van der Waals surface area contributed by atoms with E-state index in [9.17, 15) is 4.79 Å². The van der Waals surface area contributed by atoms with Gasteiger partial charge in [-0.3, -0.25) is 0 Å². The number of amides is 2. The number of nitrogens with zero attached hydrogens (tertiary/aromatic N) is 1. The summed E-state index contributed by atoms with van der Waals surface area (Å²) in [6.07, 6.45) is 5.54. The molecule has 4 nitrogen and oxygen atoms in total. The van der Waals surface area contributed by atoms with Gasteiger partial charge in [0.15, 0.2) is 0 Å². The predicted octanol–water partition coefficient (Wildman–Crippen LogP) is 3.12. The van der Waals surface area contributed by atoms with Crippen LogP contribution in [0.5, 0.6) is 0 Å². The van der Waals surface area contributed by atoms with Gasteiger partial charge in [-0.05, 0) is 44.9 Å². The van der Waals surface area contributed by atoms with Gasteiger partial charge in [-0.2, -0.15) is 0 Å². The first kappa shape index (κ1) is 14.9. The molecule has 0 aliphatic heterocycles. The van der Waals surface area contributed by atoms with Gasteiger partial charge in [-0.1, -0.05) is 30.5 Å². The summed E-state index contributed by atoms with van der Waals surface area (Å²) in [5, 5.41) is 3.00. The van der Waals surface area contributed by atoms with E-state index in [1.54, 1.807) is 0 Å². The second-order valence-electron chi connectivity index (χ2n) is 5.57. The first-order chi connectivity index (χ1) is 9.70. The first-order valence-electron chi connectivity index (χ1n) is 7.55. The molecule has 2 amide bonds. The number of rotatable bonds is 5. The fraction of sp³-hybridized carbons (Fsp3) is 0.562. The van der Waals surface area contributed by atoms with Gasteiger partial charge < -0.3 is 16.0 Å². The SMILES string of the molecule is Cc1ccc(NC(=O)N(CCCN)C2CCCC2)cc1. The molecule has 0 aromatic heterocycles. The smallest absolute Gasteiger partial charge is 0.322 e. The average molecular weight is 275 g/mol. The van der Waals surface area contributed by atoms with Crippen LogP contribution >= 0.6 is 0 Å². The molecule has 1 aliphatic rings. The minimum atomic E-state index is 0.00852. The maximum absolute atomic E-state index is 12.5. The van der Waals surface area contributed by atoms with Gasteiger partial charge in [0.2, 0.25) is 0 Å². The Morgan fingerprint density at radius 3 is 2.55 bits per heavy atom. The van der Waals surface area contributed by atoms with Crippen molar-refractivity contribution in [3.8, 4) is 0 Å². The fourth-order valence-electron chi connectivity index (χ4n) is 2.76. The summed E-state index contributed by atoms with van der Waals surface area (Å²) in [5.41, 5.74) is 7.64. The molecule has 1 saturated carbocycles. The number of urea groups is 1. The Morgan fingerprint density at radius 2 is 1.95 bits per heavy atom. The van der Waals surface area contributed by atoms with Crippen LogP contribution in [0.25, 0.3) is 0 Å². The van der Waals surface area contributed by atoms with Gasteiger partial charge in [0, 0.05) is 18.3 Å². The lowest BCUT2D eigenvalue weighted by molar-refractivity contribution is 0.188. The van der Waals surface area contributed by atoms with E-state index < -0.39 is 0 Å². The Morgan fingerprint density at radius 1 is 1.30 bits per heavy atom. The highest BCUT2D eigenvalue weighted by molar-refractivity contribution is 5.89. The van der Waals surface area contributed by atoms with Gasteiger partial charge in [0.05, 0.1) is 0 Å². The van der Waals surface area contributed by atoms with Crippen LogP contribution < -0.4 is 11.1 Å². The van der Waals surface area contributed by atoms with E-state index in [0.29, 0.717) is 12.6 Å². The zero-order valence-electron chi connectivity index (χ0n) is 12.3. The molecule has 3 N–H and O–H groups in total. The Bertz CT molecular complexity index is 424. The summed E-state index contributed by atoms with van der Waals surface area (Å²) in [4.78, 5) is 14.4. The minimum Gasteiger partial charge on any atom is -0.330 e. The van der Waals surface area contributed by atoms with E-state index in [4.69, 9.17) is 5.73 Å². The van der Waals surface area contributed by atoms with Crippen LogP contribution in [0.4, 0.5) is 10.5 Å². The molecule has 0 saturated heterocycles. The van der Waals surface area contributed by atoms with Crippen LogP contribution in [0.3, 0.4) is 0 Å². The Labute approximate surface area is 121 Å². The highest BCUT2D eigenvalue weighted by Crippen LogP contribution is 2.24. The molecule has 1 aromatic carbocycles. The third kappa shape index (κ3) is 3.97. The number of carbonyl (C=O) groups is 1. The third-order valence-corrected chi connectivity index (χ3v) is 3.93. The average Bonchev–Trinajstić information content (AvgIpc) is 2.96. The number of nitrogens with two attached hydrogens (primary N) is 1. The summed E-state index contributed by atoms with van der Waals surface area (Å²) >= 11 is 0. The van der Waals surface area contributed by atoms with Crippen molar-refractivity contribution >= 4 is 11.7 Å². The van der Waals surface area contributed by atoms with Crippen molar-refractivity contribution in [3.05, 3.63) is 29.8 Å². The molecule has 0 radical (unpaired) electrons. The molecule has 0 unspecified atom stereocenters. The van der Waals surface area contributed by atoms with Crippen molar-refractivity contribution in [3.63, 3.8) is 0 Å². The van der Waals surface area contributed by atoms with E-state index in [-0.39, 0.29) is 6.03 Å². The number of hydrogen-bond donors (Lipinski definition) is 2. The van der Waals surface area contributed by atoms with Crippen molar-refractivity contribution in [2.45, 2.75) is 45.1 Å². The largest absolute Gasteiger partial charge is 0.330 e. The first-order valence-corrected chi connectivity index (χ1v) is 7.55. The Balaban J connectivity index is 1.99. The van der Waals surface area contributed by atoms with Crippen LogP contribution in [0, 0.1) is 6.92 Å². The molecule has 1 fully saturated rings. The lowest BCUT2D eigenvalue weighted by atomic mass is 10.2. The molecule has 2 rings (SSSR count). The van der Waals surface area contributed by atoms with Crippen molar-refractivity contribution in [2.75, 3.05) is 18.4 Å². The molecular weight excluding hydrogens is 250 g/mol. The molecule has 20 heavy (non-hydrogen) atoms. The van der Waals surface area contributed by atoms with Gasteiger partial charge in [0.25, 0.3) is 0 Å². The maximum Gasteiger partial charge on any atom is 0.322 e. The molecule has 1 aromatic rings. The van der Waals surface area contributed by atoms with Crippen LogP contribution in [-0.4, -0.2) is 30.1 Å². The normalized spacial score (nSPS) is 15.3. The topological polar surface area (TPSA) is 58.4 Å². The quantitative estimate of drug-likeness (QED) is 0.867. The van der Waals surface area contributed by atoms with E-state index in [1.165, 1.54) is 18.4 Å². The van der Waals surface area contributed by atoms with Crippen molar-refractivity contribution < 1.29 is 4.79 Å². The molecule has 1 aliphatic carbocycles. The Kier molecular flexibility index (Phi) is 5.41. The lowest BCUT2D eigenvalue weighted by Crippen LogP contribution is -2.42. The van der Waals surface area contributed by atoms with E-state index in [2.05, 4.69) is 5.32 Å². The molecular formula is C16H25N3O. The number of aryl methyl sites for hydroxylation is 1. The van der Waals surface area contributed by atoms with Crippen molar-refractivity contribution in [2.24, 2.45) is 5.73 Å². The monoisotopic (exact) mass is 275 g/mol. The third-order valence-electron chi connectivity index (χ3n) is 3.93. The standard InChI is InChI=1S/C16H25N3O/c1-13-7-9-14(10-8-13)18-16(20)19(12-4-11-17)15-5-2-3-6-15/h7-10,15H,2-6,11-12,17H2,1H3,(H,18,20). The van der Waals surface area contributed by atoms with Crippen molar-refractivity contribution in [1.82, 2.24) is 4.90 Å². The number of anilines is 1. The van der Waals surface area contributed by atoms with Gasteiger partial charge in [-0.25, -0.2) is 4.79 Å². The summed E-state index contributed by atoms with van der Waals surface area (Å²) in [5.74, 6) is 0. The summed E-state index contributed by atoms with van der Waals surface area (Å²) in [6.45, 7) is 3.41. The van der Waals surface area contributed by atoms with Crippen molar-refractivity contribution in [1.29, 1.82) is 0 Å². The van der Waals surface area contributed by atoms with E-state index in [0.717, 1.165) is 31.5 Å². The summed E-state index contributed by atoms with van der Waals surface area (Å²) < 4.78 is 0. The molecule has 4 heteroatoms. The predicted molar refractivity (Wildman–Crippen MR) is 82.8 cm³/mol. The highest BCUT2D eigenvalue weighted by atomic mass is 16.2. The summed E-state index contributed by atoms with van der Waals surface area (Å²) in [6, 6.07) is 8.30. The lowest BCUT2D eigenvalue weighted by Gasteiger charge is -2.29.